The first-order chi connectivity index (χ1) is 13.3. The summed E-state index contributed by atoms with van der Waals surface area (Å²) in [6.07, 6.45) is 16.1. The van der Waals surface area contributed by atoms with E-state index in [1.807, 2.05) is 27.7 Å². The molecule has 0 saturated heterocycles. The van der Waals surface area contributed by atoms with Crippen molar-refractivity contribution in [2.24, 2.45) is 0 Å². The Morgan fingerprint density at radius 2 is 0.857 bits per heavy atom. The molecule has 8 heteroatoms. The maximum atomic E-state index is 5.19. The summed E-state index contributed by atoms with van der Waals surface area (Å²) in [6, 6.07) is 0. The number of aryl methyl sites for hydroxylation is 4. The Bertz CT molecular complexity index is 875. The van der Waals surface area contributed by atoms with E-state index in [2.05, 4.69) is 41.7 Å². The molecule has 0 amide bonds. The maximum Gasteiger partial charge on any atom is 0.219 e. The molecule has 3 aromatic rings. The quantitative estimate of drug-likeness (QED) is 0.570. The van der Waals surface area contributed by atoms with E-state index in [9.17, 15) is 0 Å². The van der Waals surface area contributed by atoms with E-state index in [1.54, 1.807) is 0 Å². The minimum atomic E-state index is 0.244. The molecule has 0 aromatic carbocycles. The van der Waals surface area contributed by atoms with Crippen LogP contribution in [0.15, 0.2) is 24.8 Å². The molecule has 0 aliphatic carbocycles. The van der Waals surface area contributed by atoms with Crippen molar-refractivity contribution in [3.05, 3.63) is 58.7 Å². The zero-order valence-corrected chi connectivity index (χ0v) is 16.3. The molecule has 0 radical (unpaired) electrons. The first kappa shape index (κ1) is 22.0. The highest BCUT2D eigenvalue weighted by Gasteiger charge is 1.98. The third kappa shape index (κ3) is 7.46. The monoisotopic (exact) mass is 374 g/mol. The van der Waals surface area contributed by atoms with Gasteiger partial charge in [-0.2, -0.15) is 0 Å². The zero-order valence-electron chi connectivity index (χ0n) is 16.3. The summed E-state index contributed by atoms with van der Waals surface area (Å²) >= 11 is 0. The van der Waals surface area contributed by atoms with Crippen molar-refractivity contribution in [2.45, 2.75) is 27.7 Å². The molecule has 0 aliphatic rings. The van der Waals surface area contributed by atoms with Crippen LogP contribution >= 0.6 is 0 Å². The number of terminal acetylenes is 2. The van der Waals surface area contributed by atoms with Crippen LogP contribution in [0.5, 0.6) is 0 Å². The topological polar surface area (TPSA) is 129 Å². The van der Waals surface area contributed by atoms with Crippen LogP contribution in [0.4, 0.5) is 11.9 Å². The standard InChI is InChI=1S/C8H12N2.2C6H5N3/c1-5-6(2)10-8(4)7(3)9-5;2*1-2-5-3-8-6(7)9-4-5/h1-4H3;2*1,3-4H,(H2,7,8,9). The molecule has 0 fully saturated rings. The molecule has 3 aromatic heterocycles. The van der Waals surface area contributed by atoms with Crippen LogP contribution in [0.1, 0.15) is 33.9 Å². The van der Waals surface area contributed by atoms with Crippen molar-refractivity contribution < 1.29 is 0 Å². The lowest BCUT2D eigenvalue weighted by Gasteiger charge is -2.01. The highest BCUT2D eigenvalue weighted by Crippen LogP contribution is 2.04. The van der Waals surface area contributed by atoms with Crippen molar-refractivity contribution in [3.8, 4) is 24.7 Å². The fourth-order valence-electron chi connectivity index (χ4n) is 1.65. The van der Waals surface area contributed by atoms with Gasteiger partial charge in [-0.25, -0.2) is 19.9 Å². The van der Waals surface area contributed by atoms with Crippen LogP contribution in [-0.4, -0.2) is 29.9 Å². The van der Waals surface area contributed by atoms with Crippen molar-refractivity contribution in [3.63, 3.8) is 0 Å². The fourth-order valence-corrected chi connectivity index (χ4v) is 1.65. The molecule has 142 valence electrons. The SMILES string of the molecule is C#Cc1cnc(N)nc1.C#Cc1cnc(N)nc1.Cc1nc(C)c(C)nc1C. The van der Waals surface area contributed by atoms with Gasteiger partial charge in [0.2, 0.25) is 11.9 Å². The summed E-state index contributed by atoms with van der Waals surface area (Å²) in [5.41, 5.74) is 15.8. The van der Waals surface area contributed by atoms with E-state index in [-0.39, 0.29) is 11.9 Å². The lowest BCUT2D eigenvalue weighted by Crippen LogP contribution is -1.97. The van der Waals surface area contributed by atoms with Crippen LogP contribution in [0.3, 0.4) is 0 Å². The zero-order chi connectivity index (χ0) is 21.1. The van der Waals surface area contributed by atoms with Crippen LogP contribution in [-0.2, 0) is 0 Å². The van der Waals surface area contributed by atoms with Crippen molar-refractivity contribution in [2.75, 3.05) is 11.5 Å². The van der Waals surface area contributed by atoms with E-state index >= 15 is 0 Å². The Balaban J connectivity index is 0.000000210. The maximum absolute atomic E-state index is 5.19. The van der Waals surface area contributed by atoms with Crippen molar-refractivity contribution >= 4 is 11.9 Å². The molecule has 0 atom stereocenters. The van der Waals surface area contributed by atoms with Gasteiger partial charge in [0.1, 0.15) is 0 Å². The summed E-state index contributed by atoms with van der Waals surface area (Å²) in [7, 11) is 0. The van der Waals surface area contributed by atoms with Crippen molar-refractivity contribution in [1.29, 1.82) is 0 Å². The van der Waals surface area contributed by atoms with Gasteiger partial charge in [-0.3, -0.25) is 9.97 Å². The molecule has 3 heterocycles. The van der Waals surface area contributed by atoms with Crippen LogP contribution in [0, 0.1) is 52.4 Å². The number of rotatable bonds is 0. The van der Waals surface area contributed by atoms with Gasteiger partial charge in [0.25, 0.3) is 0 Å². The Labute approximate surface area is 164 Å². The lowest BCUT2D eigenvalue weighted by molar-refractivity contribution is 0.959. The van der Waals surface area contributed by atoms with E-state index in [1.165, 1.54) is 24.8 Å². The predicted molar refractivity (Wildman–Crippen MR) is 110 cm³/mol. The molecule has 0 unspecified atom stereocenters. The van der Waals surface area contributed by atoms with Gasteiger partial charge in [0, 0.05) is 24.8 Å². The number of nitrogens with zero attached hydrogens (tertiary/aromatic N) is 6. The molecule has 0 saturated carbocycles. The third-order valence-corrected chi connectivity index (χ3v) is 3.39. The first-order valence-corrected chi connectivity index (χ1v) is 8.13. The number of hydrogen-bond donors (Lipinski definition) is 2. The summed E-state index contributed by atoms with van der Waals surface area (Å²) in [5, 5.41) is 0. The fraction of sp³-hybridized carbons (Fsp3) is 0.200. The second-order valence-electron chi connectivity index (χ2n) is 5.51. The summed E-state index contributed by atoms with van der Waals surface area (Å²) < 4.78 is 0. The predicted octanol–water partition coefficient (Wildman–Crippen LogP) is 1.79. The average molecular weight is 374 g/mol. The second kappa shape index (κ2) is 10.8. The van der Waals surface area contributed by atoms with Gasteiger partial charge in [-0.1, -0.05) is 11.8 Å². The van der Waals surface area contributed by atoms with Crippen LogP contribution < -0.4 is 11.5 Å². The largest absolute Gasteiger partial charge is 0.368 e. The highest BCUT2D eigenvalue weighted by atomic mass is 15.0. The molecule has 0 aliphatic heterocycles. The molecule has 0 bridgehead atoms. The van der Waals surface area contributed by atoms with Crippen LogP contribution in [0.25, 0.3) is 0 Å². The number of anilines is 2. The van der Waals surface area contributed by atoms with Gasteiger partial charge in [-0.05, 0) is 27.7 Å². The molecular formula is C20H22N8. The van der Waals surface area contributed by atoms with Gasteiger partial charge >= 0.3 is 0 Å². The molecule has 28 heavy (non-hydrogen) atoms. The van der Waals surface area contributed by atoms with Gasteiger partial charge < -0.3 is 11.5 Å². The molecule has 0 spiro atoms. The lowest BCUT2D eigenvalue weighted by atomic mass is 10.3. The molecule has 4 N–H and O–H groups in total. The van der Waals surface area contributed by atoms with E-state index in [4.69, 9.17) is 24.3 Å². The van der Waals surface area contributed by atoms with Gasteiger partial charge in [0.15, 0.2) is 0 Å². The first-order valence-electron chi connectivity index (χ1n) is 8.13. The second-order valence-corrected chi connectivity index (χ2v) is 5.51. The number of hydrogen-bond acceptors (Lipinski definition) is 8. The van der Waals surface area contributed by atoms with Gasteiger partial charge in [0.05, 0.1) is 33.9 Å². The molecular weight excluding hydrogens is 352 g/mol. The summed E-state index contributed by atoms with van der Waals surface area (Å²) in [6.45, 7) is 7.92. The minimum Gasteiger partial charge on any atom is -0.368 e. The van der Waals surface area contributed by atoms with Crippen LogP contribution in [0.2, 0.25) is 0 Å². The number of nitrogen functional groups attached to an aromatic ring is 2. The Morgan fingerprint density at radius 1 is 0.607 bits per heavy atom. The molecule has 8 nitrogen and oxygen atoms in total. The smallest absolute Gasteiger partial charge is 0.219 e. The van der Waals surface area contributed by atoms with Gasteiger partial charge in [-0.15, -0.1) is 12.8 Å². The normalized spacial score (nSPS) is 8.93. The summed E-state index contributed by atoms with van der Waals surface area (Å²) in [4.78, 5) is 23.3. The van der Waals surface area contributed by atoms with E-state index in [0.717, 1.165) is 22.8 Å². The van der Waals surface area contributed by atoms with E-state index in [0.29, 0.717) is 11.1 Å². The Kier molecular flexibility index (Phi) is 8.52. The molecule has 3 rings (SSSR count). The summed E-state index contributed by atoms with van der Waals surface area (Å²) in [5.74, 6) is 5.24. The number of nitrogens with two attached hydrogens (primary N) is 2. The number of aromatic nitrogens is 6. The Hall–Kier alpha value is -4.04. The average Bonchev–Trinajstić information content (AvgIpc) is 2.69. The highest BCUT2D eigenvalue weighted by molar-refractivity contribution is 5.30. The van der Waals surface area contributed by atoms with Crippen molar-refractivity contribution in [1.82, 2.24) is 29.9 Å². The van der Waals surface area contributed by atoms with E-state index < -0.39 is 0 Å². The Morgan fingerprint density at radius 3 is 1.07 bits per heavy atom. The third-order valence-electron chi connectivity index (χ3n) is 3.39. The minimum absolute atomic E-state index is 0.244.